The predicted molar refractivity (Wildman–Crippen MR) is 73.8 cm³/mol. The summed E-state index contributed by atoms with van der Waals surface area (Å²) >= 11 is 1.75. The molecule has 3 N–H and O–H groups in total. The Kier molecular flexibility index (Phi) is 4.47. The summed E-state index contributed by atoms with van der Waals surface area (Å²) in [6.07, 6.45) is 1.88. The van der Waals surface area contributed by atoms with Gasteiger partial charge >= 0.3 is 0 Å². The molecule has 1 heterocycles. The molecule has 1 unspecified atom stereocenters. The molecule has 0 fully saturated rings. The van der Waals surface area contributed by atoms with Crippen LogP contribution in [0.1, 0.15) is 28.5 Å². The van der Waals surface area contributed by atoms with E-state index in [0.717, 1.165) is 18.4 Å². The Morgan fingerprint density at radius 1 is 1.39 bits per heavy atom. The van der Waals surface area contributed by atoms with Crippen molar-refractivity contribution < 1.29 is 4.39 Å². The van der Waals surface area contributed by atoms with Crippen LogP contribution in [-0.4, -0.2) is 0 Å². The van der Waals surface area contributed by atoms with Gasteiger partial charge in [0, 0.05) is 10.9 Å². The summed E-state index contributed by atoms with van der Waals surface area (Å²) in [5.41, 5.74) is 4.50. The Balaban J connectivity index is 2.05. The quantitative estimate of drug-likeness (QED) is 0.642. The number of thiophene rings is 1. The molecule has 0 saturated heterocycles. The zero-order chi connectivity index (χ0) is 13.0. The topological polar surface area (TPSA) is 38.0 Å². The van der Waals surface area contributed by atoms with E-state index in [0.29, 0.717) is 5.56 Å². The van der Waals surface area contributed by atoms with E-state index in [1.807, 2.05) is 12.1 Å². The molecule has 0 aliphatic heterocycles. The molecule has 0 spiro atoms. The van der Waals surface area contributed by atoms with Gasteiger partial charge in [0.2, 0.25) is 0 Å². The van der Waals surface area contributed by atoms with Gasteiger partial charge in [-0.15, -0.1) is 11.3 Å². The van der Waals surface area contributed by atoms with Gasteiger partial charge in [-0.3, -0.25) is 11.3 Å². The monoisotopic (exact) mass is 264 g/mol. The average molecular weight is 264 g/mol. The van der Waals surface area contributed by atoms with Crippen molar-refractivity contribution in [3.05, 3.63) is 57.5 Å². The zero-order valence-corrected chi connectivity index (χ0v) is 11.1. The van der Waals surface area contributed by atoms with E-state index < -0.39 is 0 Å². The first-order valence-electron chi connectivity index (χ1n) is 5.95. The van der Waals surface area contributed by atoms with Crippen LogP contribution in [0, 0.1) is 12.7 Å². The van der Waals surface area contributed by atoms with Crippen molar-refractivity contribution >= 4 is 11.3 Å². The molecule has 0 aliphatic rings. The van der Waals surface area contributed by atoms with Crippen molar-refractivity contribution in [2.75, 3.05) is 0 Å². The predicted octanol–water partition coefficient (Wildman–Crippen LogP) is 3.33. The lowest BCUT2D eigenvalue weighted by Gasteiger charge is -2.16. The van der Waals surface area contributed by atoms with Crippen molar-refractivity contribution in [1.29, 1.82) is 0 Å². The highest BCUT2D eigenvalue weighted by atomic mass is 32.1. The van der Waals surface area contributed by atoms with Crippen LogP contribution in [0.15, 0.2) is 35.7 Å². The molecule has 2 rings (SSSR count). The fourth-order valence-corrected chi connectivity index (χ4v) is 2.70. The first kappa shape index (κ1) is 13.2. The number of hydrazine groups is 1. The minimum Gasteiger partial charge on any atom is -0.271 e. The molecule has 2 aromatic rings. The normalized spacial score (nSPS) is 12.6. The van der Waals surface area contributed by atoms with Gasteiger partial charge in [0.05, 0.1) is 0 Å². The highest BCUT2D eigenvalue weighted by Crippen LogP contribution is 2.22. The second-order valence-electron chi connectivity index (χ2n) is 4.35. The van der Waals surface area contributed by atoms with E-state index in [-0.39, 0.29) is 11.9 Å². The second kappa shape index (κ2) is 6.09. The SMILES string of the molecule is Cc1cc(C(CCc2cccs2)NN)ccc1F. The lowest BCUT2D eigenvalue weighted by atomic mass is 10.00. The van der Waals surface area contributed by atoms with E-state index in [2.05, 4.69) is 16.9 Å². The van der Waals surface area contributed by atoms with Gasteiger partial charge in [0.15, 0.2) is 0 Å². The van der Waals surface area contributed by atoms with Gasteiger partial charge < -0.3 is 0 Å². The largest absolute Gasteiger partial charge is 0.271 e. The summed E-state index contributed by atoms with van der Waals surface area (Å²) in [5.74, 6) is 5.42. The van der Waals surface area contributed by atoms with Crippen molar-refractivity contribution in [2.24, 2.45) is 5.84 Å². The number of aryl methyl sites for hydroxylation is 2. The molecule has 1 aromatic heterocycles. The number of rotatable bonds is 5. The second-order valence-corrected chi connectivity index (χ2v) is 5.38. The fraction of sp³-hybridized carbons (Fsp3) is 0.286. The van der Waals surface area contributed by atoms with Crippen LogP contribution in [0.3, 0.4) is 0 Å². The maximum absolute atomic E-state index is 13.2. The third-order valence-electron chi connectivity index (χ3n) is 3.05. The van der Waals surface area contributed by atoms with Crippen LogP contribution in [0.5, 0.6) is 0 Å². The molecular formula is C14H17FN2S. The van der Waals surface area contributed by atoms with Crippen LogP contribution in [0.4, 0.5) is 4.39 Å². The van der Waals surface area contributed by atoms with Crippen LogP contribution < -0.4 is 11.3 Å². The summed E-state index contributed by atoms with van der Waals surface area (Å²) < 4.78 is 13.2. The number of nitrogens with two attached hydrogens (primary N) is 1. The molecule has 1 atom stereocenters. The van der Waals surface area contributed by atoms with E-state index in [1.165, 1.54) is 10.9 Å². The van der Waals surface area contributed by atoms with Crippen LogP contribution >= 0.6 is 11.3 Å². The molecular weight excluding hydrogens is 247 g/mol. The molecule has 0 saturated carbocycles. The Bertz CT molecular complexity index is 497. The summed E-state index contributed by atoms with van der Waals surface area (Å²) in [4.78, 5) is 1.34. The van der Waals surface area contributed by atoms with Crippen LogP contribution in [0.25, 0.3) is 0 Å². The minimum atomic E-state index is -0.173. The summed E-state index contributed by atoms with van der Waals surface area (Å²) in [6, 6.07) is 9.38. The number of hydrogen-bond acceptors (Lipinski definition) is 3. The third-order valence-corrected chi connectivity index (χ3v) is 3.98. The molecule has 4 heteroatoms. The maximum atomic E-state index is 13.2. The Morgan fingerprint density at radius 3 is 2.83 bits per heavy atom. The van der Waals surface area contributed by atoms with E-state index >= 15 is 0 Å². The average Bonchev–Trinajstić information content (AvgIpc) is 2.87. The zero-order valence-electron chi connectivity index (χ0n) is 10.3. The Morgan fingerprint density at radius 2 is 2.22 bits per heavy atom. The molecule has 1 aromatic carbocycles. The van der Waals surface area contributed by atoms with Crippen molar-refractivity contribution in [2.45, 2.75) is 25.8 Å². The third kappa shape index (κ3) is 3.16. The van der Waals surface area contributed by atoms with Gasteiger partial charge in [-0.05, 0) is 48.4 Å². The number of benzene rings is 1. The molecule has 0 radical (unpaired) electrons. The Hall–Kier alpha value is -1.23. The molecule has 96 valence electrons. The van der Waals surface area contributed by atoms with E-state index in [9.17, 15) is 4.39 Å². The smallest absolute Gasteiger partial charge is 0.126 e. The van der Waals surface area contributed by atoms with Crippen LogP contribution in [-0.2, 0) is 6.42 Å². The minimum absolute atomic E-state index is 0.0615. The lowest BCUT2D eigenvalue weighted by molar-refractivity contribution is 0.516. The molecule has 0 amide bonds. The van der Waals surface area contributed by atoms with E-state index in [4.69, 9.17) is 5.84 Å². The molecule has 0 bridgehead atoms. The number of halogens is 1. The van der Waals surface area contributed by atoms with Crippen molar-refractivity contribution in [1.82, 2.24) is 5.43 Å². The fourth-order valence-electron chi connectivity index (χ4n) is 1.97. The van der Waals surface area contributed by atoms with Gasteiger partial charge in [-0.2, -0.15) is 0 Å². The van der Waals surface area contributed by atoms with Crippen LogP contribution in [0.2, 0.25) is 0 Å². The van der Waals surface area contributed by atoms with Crippen molar-refractivity contribution in [3.63, 3.8) is 0 Å². The number of nitrogens with one attached hydrogen (secondary N) is 1. The summed E-state index contributed by atoms with van der Waals surface area (Å²) in [6.45, 7) is 1.77. The van der Waals surface area contributed by atoms with Gasteiger partial charge in [0.25, 0.3) is 0 Å². The van der Waals surface area contributed by atoms with Gasteiger partial charge in [-0.1, -0.05) is 18.2 Å². The summed E-state index contributed by atoms with van der Waals surface area (Å²) in [7, 11) is 0. The number of hydrogen-bond donors (Lipinski definition) is 2. The highest BCUT2D eigenvalue weighted by Gasteiger charge is 2.11. The standard InChI is InChI=1S/C14H17FN2S/c1-10-9-11(4-6-13(10)15)14(17-16)7-5-12-3-2-8-18-12/h2-4,6,8-9,14,17H,5,7,16H2,1H3. The van der Waals surface area contributed by atoms with Gasteiger partial charge in [0.1, 0.15) is 5.82 Å². The first-order valence-corrected chi connectivity index (χ1v) is 6.83. The molecule has 0 aliphatic carbocycles. The van der Waals surface area contributed by atoms with E-state index in [1.54, 1.807) is 24.3 Å². The van der Waals surface area contributed by atoms with Gasteiger partial charge in [-0.25, -0.2) is 4.39 Å². The summed E-state index contributed by atoms with van der Waals surface area (Å²) in [5, 5.41) is 2.07. The highest BCUT2D eigenvalue weighted by molar-refractivity contribution is 7.09. The molecule has 2 nitrogen and oxygen atoms in total. The maximum Gasteiger partial charge on any atom is 0.126 e. The Labute approximate surface area is 111 Å². The molecule has 18 heavy (non-hydrogen) atoms. The lowest BCUT2D eigenvalue weighted by Crippen LogP contribution is -2.28. The van der Waals surface area contributed by atoms with Crippen molar-refractivity contribution in [3.8, 4) is 0 Å². The first-order chi connectivity index (χ1) is 8.70.